The van der Waals surface area contributed by atoms with Crippen molar-refractivity contribution in [2.24, 2.45) is 0 Å². The second-order valence-corrected chi connectivity index (χ2v) is 4.84. The highest BCUT2D eigenvalue weighted by atomic mass is 16.5. The maximum Gasteiger partial charge on any atom is 0.276 e. The molecule has 0 N–H and O–H groups in total. The van der Waals surface area contributed by atoms with Crippen LogP contribution >= 0.6 is 0 Å². The lowest BCUT2D eigenvalue weighted by Crippen LogP contribution is -2.32. The average molecular weight is 257 g/mol. The lowest BCUT2D eigenvalue weighted by atomic mass is 10.2. The quantitative estimate of drug-likeness (QED) is 0.842. The van der Waals surface area contributed by atoms with Crippen LogP contribution in [0.3, 0.4) is 0 Å². The second kappa shape index (κ2) is 4.84. The van der Waals surface area contributed by atoms with Crippen LogP contribution in [0.25, 0.3) is 0 Å². The van der Waals surface area contributed by atoms with E-state index in [4.69, 9.17) is 4.52 Å². The molecule has 5 nitrogen and oxygen atoms in total. The highest BCUT2D eigenvalue weighted by Crippen LogP contribution is 2.29. The Kier molecular flexibility index (Phi) is 3.03. The molecular formula is C14H15N3O2. The third-order valence-corrected chi connectivity index (χ3v) is 3.20. The molecule has 0 aliphatic heterocycles. The summed E-state index contributed by atoms with van der Waals surface area (Å²) in [7, 11) is 0. The van der Waals surface area contributed by atoms with E-state index in [1.807, 2.05) is 17.0 Å². The van der Waals surface area contributed by atoms with Gasteiger partial charge in [0.15, 0.2) is 5.69 Å². The molecule has 0 saturated heterocycles. The fourth-order valence-corrected chi connectivity index (χ4v) is 2.05. The summed E-state index contributed by atoms with van der Waals surface area (Å²) >= 11 is 0. The molecule has 1 saturated carbocycles. The van der Waals surface area contributed by atoms with Crippen LogP contribution in [0.2, 0.25) is 0 Å². The van der Waals surface area contributed by atoms with Gasteiger partial charge in [0.05, 0.1) is 0 Å². The Morgan fingerprint density at radius 2 is 2.16 bits per heavy atom. The van der Waals surface area contributed by atoms with Gasteiger partial charge in [-0.25, -0.2) is 0 Å². The molecule has 2 aromatic rings. The van der Waals surface area contributed by atoms with Gasteiger partial charge in [0, 0.05) is 31.0 Å². The van der Waals surface area contributed by atoms with Crippen LogP contribution < -0.4 is 0 Å². The standard InChI is InChI=1S/C14H15N3O2/c1-10-8-13(16-19-10)14(18)17(12-2-3-12)9-11-4-6-15-7-5-11/h4-8,12H,2-3,9H2,1H3. The number of hydrogen-bond donors (Lipinski definition) is 0. The van der Waals surface area contributed by atoms with Crippen LogP contribution in [0.4, 0.5) is 0 Å². The van der Waals surface area contributed by atoms with Crippen LogP contribution in [0.1, 0.15) is 34.7 Å². The van der Waals surface area contributed by atoms with Crippen LogP contribution in [0, 0.1) is 6.92 Å². The molecule has 2 heterocycles. The Hall–Kier alpha value is -2.17. The number of amides is 1. The van der Waals surface area contributed by atoms with E-state index in [9.17, 15) is 4.79 Å². The van der Waals surface area contributed by atoms with Crippen molar-refractivity contribution in [3.05, 3.63) is 47.6 Å². The van der Waals surface area contributed by atoms with E-state index < -0.39 is 0 Å². The van der Waals surface area contributed by atoms with Crippen LogP contribution in [-0.4, -0.2) is 27.0 Å². The maximum absolute atomic E-state index is 12.4. The summed E-state index contributed by atoms with van der Waals surface area (Å²) in [5.74, 6) is 0.596. The molecule has 1 aliphatic rings. The highest BCUT2D eigenvalue weighted by molar-refractivity contribution is 5.92. The minimum Gasteiger partial charge on any atom is -0.361 e. The van der Waals surface area contributed by atoms with Gasteiger partial charge in [-0.3, -0.25) is 9.78 Å². The summed E-state index contributed by atoms with van der Waals surface area (Å²) in [6.45, 7) is 2.38. The molecule has 1 fully saturated rings. The second-order valence-electron chi connectivity index (χ2n) is 4.84. The Morgan fingerprint density at radius 1 is 1.42 bits per heavy atom. The van der Waals surface area contributed by atoms with E-state index in [1.54, 1.807) is 25.4 Å². The maximum atomic E-state index is 12.4. The van der Waals surface area contributed by atoms with E-state index in [-0.39, 0.29) is 5.91 Å². The number of hydrogen-bond acceptors (Lipinski definition) is 4. The average Bonchev–Trinajstić information content (AvgIpc) is 3.18. The molecular weight excluding hydrogens is 242 g/mol. The molecule has 3 rings (SSSR count). The Bertz CT molecular complexity index is 575. The van der Waals surface area contributed by atoms with Crippen molar-refractivity contribution in [2.75, 3.05) is 0 Å². The number of aryl methyl sites for hydroxylation is 1. The smallest absolute Gasteiger partial charge is 0.276 e. The Morgan fingerprint density at radius 3 is 2.74 bits per heavy atom. The van der Waals surface area contributed by atoms with E-state index >= 15 is 0 Å². The van der Waals surface area contributed by atoms with Gasteiger partial charge < -0.3 is 9.42 Å². The normalized spacial score (nSPS) is 14.4. The molecule has 0 atom stereocenters. The fourth-order valence-electron chi connectivity index (χ4n) is 2.05. The van der Waals surface area contributed by atoms with Crippen molar-refractivity contribution >= 4 is 5.91 Å². The van der Waals surface area contributed by atoms with Gasteiger partial charge in [-0.15, -0.1) is 0 Å². The largest absolute Gasteiger partial charge is 0.361 e. The molecule has 19 heavy (non-hydrogen) atoms. The number of rotatable bonds is 4. The Labute approximate surface area is 111 Å². The number of aromatic nitrogens is 2. The monoisotopic (exact) mass is 257 g/mol. The molecule has 0 radical (unpaired) electrons. The van der Waals surface area contributed by atoms with Crippen molar-refractivity contribution in [1.29, 1.82) is 0 Å². The third-order valence-electron chi connectivity index (χ3n) is 3.20. The zero-order valence-corrected chi connectivity index (χ0v) is 10.7. The molecule has 0 bridgehead atoms. The first kappa shape index (κ1) is 11.9. The highest BCUT2D eigenvalue weighted by Gasteiger charge is 2.34. The van der Waals surface area contributed by atoms with Crippen molar-refractivity contribution < 1.29 is 9.32 Å². The summed E-state index contributed by atoms with van der Waals surface area (Å²) in [5, 5.41) is 3.81. The van der Waals surface area contributed by atoms with E-state index in [1.165, 1.54) is 0 Å². The first-order valence-electron chi connectivity index (χ1n) is 6.37. The minimum atomic E-state index is -0.0591. The van der Waals surface area contributed by atoms with Crippen LogP contribution in [0.5, 0.6) is 0 Å². The SMILES string of the molecule is Cc1cc(C(=O)N(Cc2ccncc2)C2CC2)no1. The third kappa shape index (κ3) is 2.65. The van der Waals surface area contributed by atoms with Crippen molar-refractivity contribution in [3.8, 4) is 0 Å². The van der Waals surface area contributed by atoms with Gasteiger partial charge in [-0.1, -0.05) is 5.16 Å². The first-order valence-corrected chi connectivity index (χ1v) is 6.37. The molecule has 1 amide bonds. The van der Waals surface area contributed by atoms with Gasteiger partial charge in [-0.2, -0.15) is 0 Å². The summed E-state index contributed by atoms with van der Waals surface area (Å²) in [5.41, 5.74) is 1.47. The molecule has 2 aromatic heterocycles. The summed E-state index contributed by atoms with van der Waals surface area (Å²) in [4.78, 5) is 18.3. The van der Waals surface area contributed by atoms with Crippen molar-refractivity contribution in [1.82, 2.24) is 15.0 Å². The molecule has 5 heteroatoms. The fraction of sp³-hybridized carbons (Fsp3) is 0.357. The predicted octanol–water partition coefficient (Wildman–Crippen LogP) is 2.18. The molecule has 1 aliphatic carbocycles. The van der Waals surface area contributed by atoms with Gasteiger partial charge >= 0.3 is 0 Å². The van der Waals surface area contributed by atoms with Gasteiger partial charge in [0.1, 0.15) is 5.76 Å². The lowest BCUT2D eigenvalue weighted by molar-refractivity contribution is 0.0719. The number of carbonyl (C=O) groups excluding carboxylic acids is 1. The van der Waals surface area contributed by atoms with Crippen LogP contribution in [-0.2, 0) is 6.54 Å². The summed E-state index contributed by atoms with van der Waals surface area (Å²) < 4.78 is 4.98. The van der Waals surface area contributed by atoms with Crippen molar-refractivity contribution in [3.63, 3.8) is 0 Å². The molecule has 0 unspecified atom stereocenters. The zero-order valence-electron chi connectivity index (χ0n) is 10.7. The number of carbonyl (C=O) groups is 1. The zero-order chi connectivity index (χ0) is 13.2. The van der Waals surface area contributed by atoms with Gasteiger partial charge in [0.25, 0.3) is 5.91 Å². The number of pyridine rings is 1. The van der Waals surface area contributed by atoms with E-state index in [0.717, 1.165) is 18.4 Å². The molecule has 0 spiro atoms. The van der Waals surface area contributed by atoms with E-state index in [0.29, 0.717) is 24.0 Å². The topological polar surface area (TPSA) is 59.2 Å². The summed E-state index contributed by atoms with van der Waals surface area (Å²) in [6, 6.07) is 5.87. The molecule has 98 valence electrons. The summed E-state index contributed by atoms with van der Waals surface area (Å²) in [6.07, 6.45) is 5.61. The van der Waals surface area contributed by atoms with Gasteiger partial charge in [-0.05, 0) is 37.5 Å². The molecule has 0 aromatic carbocycles. The van der Waals surface area contributed by atoms with Gasteiger partial charge in [0.2, 0.25) is 0 Å². The first-order chi connectivity index (χ1) is 9.24. The lowest BCUT2D eigenvalue weighted by Gasteiger charge is -2.21. The van der Waals surface area contributed by atoms with E-state index in [2.05, 4.69) is 10.1 Å². The minimum absolute atomic E-state index is 0.0591. The van der Waals surface area contributed by atoms with Crippen molar-refractivity contribution in [2.45, 2.75) is 32.4 Å². The van der Waals surface area contributed by atoms with Crippen LogP contribution in [0.15, 0.2) is 35.1 Å². The predicted molar refractivity (Wildman–Crippen MR) is 68.4 cm³/mol. The number of nitrogens with zero attached hydrogens (tertiary/aromatic N) is 3. The Balaban J connectivity index is 1.79.